The van der Waals surface area contributed by atoms with Crippen molar-refractivity contribution in [1.82, 2.24) is 4.90 Å². The zero-order valence-electron chi connectivity index (χ0n) is 19.7. The molecule has 2 aliphatic rings. The van der Waals surface area contributed by atoms with Crippen LogP contribution in [0.15, 0.2) is 53.1 Å². The molecule has 174 valence electrons. The van der Waals surface area contributed by atoms with Crippen molar-refractivity contribution in [2.24, 2.45) is 0 Å². The normalized spacial score (nSPS) is 18.7. The monoisotopic (exact) mass is 465 g/mol. The summed E-state index contributed by atoms with van der Waals surface area (Å²) >= 11 is 1.50. The first-order valence-corrected chi connectivity index (χ1v) is 12.3. The van der Waals surface area contributed by atoms with Crippen LogP contribution in [0.4, 0.5) is 11.4 Å². The number of benzene rings is 2. The number of hydrogen-bond donors (Lipinski definition) is 1. The van der Waals surface area contributed by atoms with Crippen LogP contribution >= 0.6 is 11.8 Å². The maximum Gasteiger partial charge on any atom is 0.265 e. The zero-order chi connectivity index (χ0) is 23.5. The third-order valence-electron chi connectivity index (χ3n) is 6.16. The summed E-state index contributed by atoms with van der Waals surface area (Å²) in [6, 6.07) is 14.2. The summed E-state index contributed by atoms with van der Waals surface area (Å²) in [5.41, 5.74) is 4.59. The van der Waals surface area contributed by atoms with Crippen molar-refractivity contribution in [1.29, 1.82) is 0 Å². The highest BCUT2D eigenvalue weighted by Gasteiger charge is 2.28. The summed E-state index contributed by atoms with van der Waals surface area (Å²) in [5, 5.41) is 2.97. The fraction of sp³-hybridized carbons (Fsp3) is 0.385. The first-order chi connectivity index (χ1) is 15.8. The number of thioether (sulfide) groups is 1. The standard InChI is InChI=1S/C26H31N3O3S/c1-17-6-5-7-22(14-17)29-11-10-28(16-19(29)3)26(31)21-9-8-18(2)23(15-21)27-25(30)24-20(4)32-12-13-33-24/h5-9,14-15,19H,10-13,16H2,1-4H3,(H,27,30)/t19-/m0/s1. The van der Waals surface area contributed by atoms with Gasteiger partial charge in [0.2, 0.25) is 0 Å². The van der Waals surface area contributed by atoms with Gasteiger partial charge < -0.3 is 19.9 Å². The van der Waals surface area contributed by atoms with Crippen molar-refractivity contribution in [3.05, 3.63) is 69.8 Å². The molecule has 0 aromatic heterocycles. The fourth-order valence-electron chi connectivity index (χ4n) is 4.31. The summed E-state index contributed by atoms with van der Waals surface area (Å²) in [6.07, 6.45) is 0. The van der Waals surface area contributed by atoms with Crippen LogP contribution in [0, 0.1) is 13.8 Å². The Hall–Kier alpha value is -2.93. The number of nitrogens with one attached hydrogen (secondary N) is 1. The molecule has 6 nitrogen and oxygen atoms in total. The molecule has 0 bridgehead atoms. The van der Waals surface area contributed by atoms with Gasteiger partial charge in [0.05, 0.1) is 6.61 Å². The van der Waals surface area contributed by atoms with Crippen LogP contribution in [0.5, 0.6) is 0 Å². The molecule has 0 radical (unpaired) electrons. The highest BCUT2D eigenvalue weighted by Crippen LogP contribution is 2.28. The van der Waals surface area contributed by atoms with Crippen molar-refractivity contribution in [2.75, 3.05) is 42.2 Å². The molecule has 0 unspecified atom stereocenters. The second-order valence-electron chi connectivity index (χ2n) is 8.70. The number of aryl methyl sites for hydroxylation is 2. The third-order valence-corrected chi connectivity index (χ3v) is 7.29. The van der Waals surface area contributed by atoms with Crippen molar-refractivity contribution >= 4 is 35.0 Å². The van der Waals surface area contributed by atoms with Gasteiger partial charge in [-0.05, 0) is 63.1 Å². The number of hydrogen-bond acceptors (Lipinski definition) is 5. The Bertz CT molecular complexity index is 1100. The van der Waals surface area contributed by atoms with E-state index in [0.29, 0.717) is 41.6 Å². The van der Waals surface area contributed by atoms with Crippen molar-refractivity contribution < 1.29 is 14.3 Å². The molecule has 2 heterocycles. The summed E-state index contributed by atoms with van der Waals surface area (Å²) in [7, 11) is 0. The van der Waals surface area contributed by atoms with Crippen LogP contribution in [0.2, 0.25) is 0 Å². The number of nitrogens with zero attached hydrogens (tertiary/aromatic N) is 2. The largest absolute Gasteiger partial charge is 0.496 e. The second-order valence-corrected chi connectivity index (χ2v) is 9.80. The molecular formula is C26H31N3O3S. The van der Waals surface area contributed by atoms with Gasteiger partial charge in [-0.25, -0.2) is 0 Å². The van der Waals surface area contributed by atoms with Gasteiger partial charge in [-0.1, -0.05) is 18.2 Å². The predicted octanol–water partition coefficient (Wildman–Crippen LogP) is 4.59. The number of anilines is 2. The molecule has 2 aliphatic heterocycles. The number of ether oxygens (including phenoxy) is 1. The van der Waals surface area contributed by atoms with Crippen LogP contribution in [0.3, 0.4) is 0 Å². The minimum Gasteiger partial charge on any atom is -0.496 e. The molecule has 0 aliphatic carbocycles. The van der Waals surface area contributed by atoms with Crippen LogP contribution in [0.1, 0.15) is 35.3 Å². The second kappa shape index (κ2) is 9.91. The van der Waals surface area contributed by atoms with E-state index < -0.39 is 0 Å². The molecule has 1 N–H and O–H groups in total. The van der Waals surface area contributed by atoms with Crippen LogP contribution in [-0.4, -0.2) is 54.8 Å². The number of piperazine rings is 1. The van der Waals surface area contributed by atoms with E-state index in [9.17, 15) is 9.59 Å². The SMILES string of the molecule is CC1=C(C(=O)Nc2cc(C(=O)N3CCN(c4cccc(C)c4)[C@@H](C)C3)ccc2C)SCCO1. The Morgan fingerprint density at radius 1 is 1.09 bits per heavy atom. The van der Waals surface area contributed by atoms with Gasteiger partial charge in [-0.3, -0.25) is 9.59 Å². The minimum atomic E-state index is -0.190. The van der Waals surface area contributed by atoms with E-state index in [-0.39, 0.29) is 17.9 Å². The van der Waals surface area contributed by atoms with Gasteiger partial charge in [-0.2, -0.15) is 0 Å². The number of carbonyl (C=O) groups excluding carboxylic acids is 2. The lowest BCUT2D eigenvalue weighted by Crippen LogP contribution is -2.53. The molecule has 2 aromatic carbocycles. The topological polar surface area (TPSA) is 61.9 Å². The molecule has 7 heteroatoms. The predicted molar refractivity (Wildman–Crippen MR) is 135 cm³/mol. The van der Waals surface area contributed by atoms with Gasteiger partial charge in [0.1, 0.15) is 10.7 Å². The number of carbonyl (C=O) groups is 2. The zero-order valence-corrected chi connectivity index (χ0v) is 20.5. The van der Waals surface area contributed by atoms with E-state index >= 15 is 0 Å². The van der Waals surface area contributed by atoms with Crippen molar-refractivity contribution in [3.8, 4) is 0 Å². The molecular weight excluding hydrogens is 434 g/mol. The van der Waals surface area contributed by atoms with E-state index in [2.05, 4.69) is 48.3 Å². The molecule has 1 fully saturated rings. The lowest BCUT2D eigenvalue weighted by atomic mass is 10.1. The van der Waals surface area contributed by atoms with Gasteiger partial charge in [0, 0.05) is 48.4 Å². The lowest BCUT2D eigenvalue weighted by molar-refractivity contribution is -0.112. The number of rotatable bonds is 4. The molecule has 1 saturated heterocycles. The quantitative estimate of drug-likeness (QED) is 0.716. The van der Waals surface area contributed by atoms with Crippen LogP contribution in [0.25, 0.3) is 0 Å². The summed E-state index contributed by atoms with van der Waals surface area (Å²) in [6.45, 7) is 10.7. The fourth-order valence-corrected chi connectivity index (χ4v) is 5.13. The molecule has 2 aromatic rings. The Balaban J connectivity index is 1.46. The van der Waals surface area contributed by atoms with E-state index in [0.717, 1.165) is 17.9 Å². The van der Waals surface area contributed by atoms with Gasteiger partial charge in [0.15, 0.2) is 0 Å². The summed E-state index contributed by atoms with van der Waals surface area (Å²) in [5.74, 6) is 1.20. The Morgan fingerprint density at radius 2 is 1.91 bits per heavy atom. The van der Waals surface area contributed by atoms with Crippen LogP contribution in [-0.2, 0) is 9.53 Å². The Labute approximate surface area is 200 Å². The molecule has 0 spiro atoms. The molecule has 1 atom stereocenters. The molecule has 4 rings (SSSR count). The van der Waals surface area contributed by atoms with E-state index in [1.807, 2.05) is 30.9 Å². The Kier molecular flexibility index (Phi) is 6.98. The van der Waals surface area contributed by atoms with E-state index in [4.69, 9.17) is 4.74 Å². The average Bonchev–Trinajstić information content (AvgIpc) is 2.80. The minimum absolute atomic E-state index is 0.00740. The molecule has 33 heavy (non-hydrogen) atoms. The van der Waals surface area contributed by atoms with Gasteiger partial charge in [0.25, 0.3) is 11.8 Å². The van der Waals surface area contributed by atoms with E-state index in [1.54, 1.807) is 6.07 Å². The van der Waals surface area contributed by atoms with Gasteiger partial charge >= 0.3 is 0 Å². The molecule has 0 saturated carbocycles. The maximum absolute atomic E-state index is 13.3. The molecule has 2 amide bonds. The lowest BCUT2D eigenvalue weighted by Gasteiger charge is -2.41. The van der Waals surface area contributed by atoms with E-state index in [1.165, 1.54) is 23.0 Å². The number of amides is 2. The maximum atomic E-state index is 13.3. The highest BCUT2D eigenvalue weighted by molar-refractivity contribution is 8.04. The summed E-state index contributed by atoms with van der Waals surface area (Å²) in [4.78, 5) is 30.9. The van der Waals surface area contributed by atoms with Crippen molar-refractivity contribution in [3.63, 3.8) is 0 Å². The average molecular weight is 466 g/mol. The van der Waals surface area contributed by atoms with Crippen LogP contribution < -0.4 is 10.2 Å². The van der Waals surface area contributed by atoms with Gasteiger partial charge in [-0.15, -0.1) is 11.8 Å². The first kappa shape index (κ1) is 23.2. The highest BCUT2D eigenvalue weighted by atomic mass is 32.2. The summed E-state index contributed by atoms with van der Waals surface area (Å²) < 4.78 is 5.51. The Morgan fingerprint density at radius 3 is 2.64 bits per heavy atom. The first-order valence-electron chi connectivity index (χ1n) is 11.3. The number of allylic oxidation sites excluding steroid dienone is 1. The smallest absolute Gasteiger partial charge is 0.265 e. The van der Waals surface area contributed by atoms with Crippen molar-refractivity contribution in [2.45, 2.75) is 33.7 Å². The third kappa shape index (κ3) is 5.19.